The summed E-state index contributed by atoms with van der Waals surface area (Å²) in [7, 11) is 0. The fourth-order valence-electron chi connectivity index (χ4n) is 8.48. The second-order valence-corrected chi connectivity index (χ2v) is 15.4. The van der Waals surface area contributed by atoms with Crippen LogP contribution in [0.25, 0.3) is 115 Å². The summed E-state index contributed by atoms with van der Waals surface area (Å²) in [6.07, 6.45) is 0. The van der Waals surface area contributed by atoms with Crippen LogP contribution < -0.4 is 0 Å². The van der Waals surface area contributed by atoms with E-state index in [0.29, 0.717) is 17.5 Å². The number of furan rings is 1. The van der Waals surface area contributed by atoms with E-state index in [0.717, 1.165) is 71.9 Å². The van der Waals surface area contributed by atoms with E-state index in [1.165, 1.54) is 25.6 Å². The molecule has 8 aromatic carbocycles. The molecule has 266 valence electrons. The normalized spacial score (nSPS) is 11.9. The molecule has 4 heterocycles. The van der Waals surface area contributed by atoms with Gasteiger partial charge in [-0.2, -0.15) is 0 Å². The first-order chi connectivity index (χ1) is 28.2. The van der Waals surface area contributed by atoms with Crippen LogP contribution in [0.2, 0.25) is 0 Å². The second kappa shape index (κ2) is 12.6. The van der Waals surface area contributed by atoms with Crippen LogP contribution in [0.1, 0.15) is 0 Å². The first-order valence-corrected chi connectivity index (χ1v) is 19.8. The fourth-order valence-corrected chi connectivity index (χ4v) is 9.56. The van der Waals surface area contributed by atoms with Crippen LogP contribution in [-0.2, 0) is 0 Å². The van der Waals surface area contributed by atoms with Crippen LogP contribution in [0.4, 0.5) is 0 Å². The van der Waals surface area contributed by atoms with Crippen molar-refractivity contribution in [1.82, 2.24) is 19.5 Å². The lowest BCUT2D eigenvalue weighted by atomic mass is 10.0. The summed E-state index contributed by atoms with van der Waals surface area (Å²) in [4.78, 5) is 15.9. The maximum absolute atomic E-state index is 6.70. The van der Waals surface area contributed by atoms with Crippen LogP contribution in [0.15, 0.2) is 186 Å². The van der Waals surface area contributed by atoms with Crippen molar-refractivity contribution < 1.29 is 4.42 Å². The van der Waals surface area contributed by atoms with Crippen molar-refractivity contribution in [3.63, 3.8) is 0 Å². The average Bonchev–Trinajstić information content (AvgIpc) is 3.96. The molecular formula is C51H30N4OS. The van der Waals surface area contributed by atoms with Crippen molar-refractivity contribution in [3.8, 4) is 51.0 Å². The highest BCUT2D eigenvalue weighted by atomic mass is 32.1. The maximum Gasteiger partial charge on any atom is 0.164 e. The average molecular weight is 747 g/mol. The Balaban J connectivity index is 1.15. The van der Waals surface area contributed by atoms with E-state index in [4.69, 9.17) is 19.4 Å². The molecular weight excluding hydrogens is 717 g/mol. The molecule has 5 nitrogen and oxygen atoms in total. The molecule has 0 saturated carbocycles. The van der Waals surface area contributed by atoms with Crippen molar-refractivity contribution in [3.05, 3.63) is 182 Å². The first-order valence-electron chi connectivity index (χ1n) is 19.0. The van der Waals surface area contributed by atoms with Gasteiger partial charge in [0.2, 0.25) is 0 Å². The Bertz CT molecular complexity index is 3530. The number of fused-ring (bicyclic) bond motifs is 10. The van der Waals surface area contributed by atoms with Gasteiger partial charge in [0.25, 0.3) is 0 Å². The molecule has 57 heavy (non-hydrogen) atoms. The van der Waals surface area contributed by atoms with E-state index in [1.807, 2.05) is 18.2 Å². The number of hydrogen-bond donors (Lipinski definition) is 0. The van der Waals surface area contributed by atoms with Crippen LogP contribution in [0.3, 0.4) is 0 Å². The zero-order valence-corrected chi connectivity index (χ0v) is 31.2. The minimum Gasteiger partial charge on any atom is -0.456 e. The summed E-state index contributed by atoms with van der Waals surface area (Å²) in [6.45, 7) is 0. The molecule has 0 N–H and O–H groups in total. The highest BCUT2D eigenvalue weighted by Gasteiger charge is 2.23. The fraction of sp³-hybridized carbons (Fsp3) is 0. The predicted molar refractivity (Wildman–Crippen MR) is 236 cm³/mol. The van der Waals surface area contributed by atoms with Gasteiger partial charge in [-0.25, -0.2) is 15.0 Å². The Morgan fingerprint density at radius 2 is 1.05 bits per heavy atom. The topological polar surface area (TPSA) is 56.7 Å². The standard InChI is InChI=1S/C51H30N4OS/c1-3-13-31(14-4-1)32-15-11-16-33(29-32)49-52-50(34-25-28-45-40(30-34)37-20-8-10-24-44(37)57-45)54-51(53-49)39-21-12-23-42-46(39)47-43(56-42)27-26-38-36-19-7-9-22-41(36)55(48(38)47)35-17-5-2-6-18-35/h1-30H. The third kappa shape index (κ3) is 5.04. The molecule has 0 amide bonds. The Kier molecular flexibility index (Phi) is 7.03. The van der Waals surface area contributed by atoms with Crippen molar-refractivity contribution in [2.24, 2.45) is 0 Å². The van der Waals surface area contributed by atoms with Gasteiger partial charge in [-0.1, -0.05) is 115 Å². The third-order valence-electron chi connectivity index (χ3n) is 11.0. The lowest BCUT2D eigenvalue weighted by molar-refractivity contribution is 0.669. The van der Waals surface area contributed by atoms with Crippen LogP contribution >= 0.6 is 11.3 Å². The van der Waals surface area contributed by atoms with Gasteiger partial charge in [0.05, 0.1) is 16.4 Å². The number of nitrogens with zero attached hydrogens (tertiary/aromatic N) is 4. The summed E-state index contributed by atoms with van der Waals surface area (Å²) in [5, 5.41) is 6.77. The van der Waals surface area contributed by atoms with Crippen molar-refractivity contribution in [1.29, 1.82) is 0 Å². The van der Waals surface area contributed by atoms with Gasteiger partial charge in [-0.3, -0.25) is 0 Å². The number of benzene rings is 8. The van der Waals surface area contributed by atoms with Crippen molar-refractivity contribution >= 4 is 75.3 Å². The molecule has 0 unspecified atom stereocenters. The summed E-state index contributed by atoms with van der Waals surface area (Å²) in [5.74, 6) is 1.81. The van der Waals surface area contributed by atoms with Gasteiger partial charge in [0.15, 0.2) is 17.5 Å². The van der Waals surface area contributed by atoms with Crippen molar-refractivity contribution in [2.75, 3.05) is 0 Å². The molecule has 0 aliphatic heterocycles. The van der Waals surface area contributed by atoms with E-state index in [2.05, 4.69) is 168 Å². The van der Waals surface area contributed by atoms with E-state index in [9.17, 15) is 0 Å². The molecule has 0 bridgehead atoms. The highest BCUT2D eigenvalue weighted by molar-refractivity contribution is 7.25. The predicted octanol–water partition coefficient (Wildman–Crippen LogP) is 13.9. The molecule has 0 spiro atoms. The van der Waals surface area contributed by atoms with E-state index >= 15 is 0 Å². The smallest absolute Gasteiger partial charge is 0.164 e. The first kappa shape index (κ1) is 31.9. The van der Waals surface area contributed by atoms with Gasteiger partial charge in [-0.15, -0.1) is 11.3 Å². The Hall–Kier alpha value is -7.41. The maximum atomic E-state index is 6.70. The second-order valence-electron chi connectivity index (χ2n) is 14.4. The number of aromatic nitrogens is 4. The molecule has 0 aliphatic rings. The van der Waals surface area contributed by atoms with Crippen LogP contribution in [-0.4, -0.2) is 19.5 Å². The Morgan fingerprint density at radius 3 is 1.91 bits per heavy atom. The van der Waals surface area contributed by atoms with Crippen LogP contribution in [0, 0.1) is 0 Å². The highest BCUT2D eigenvalue weighted by Crippen LogP contribution is 2.44. The molecule has 0 aliphatic carbocycles. The number of hydrogen-bond acceptors (Lipinski definition) is 5. The van der Waals surface area contributed by atoms with E-state index < -0.39 is 0 Å². The Labute approximate surface area is 330 Å². The number of rotatable bonds is 5. The lowest BCUT2D eigenvalue weighted by Crippen LogP contribution is -2.00. The zero-order valence-electron chi connectivity index (χ0n) is 30.4. The molecule has 0 radical (unpaired) electrons. The van der Waals surface area contributed by atoms with Gasteiger partial charge < -0.3 is 8.98 Å². The molecule has 0 fully saturated rings. The number of thiophene rings is 1. The SMILES string of the molecule is c1ccc(-c2cccc(-c3nc(-c4ccc5sc6ccccc6c5c4)nc(-c4cccc5oc6ccc7c8ccccc8n(-c8ccccc8)c7c6c45)n3)c2)cc1. The quantitative estimate of drug-likeness (QED) is 0.176. The zero-order chi connectivity index (χ0) is 37.5. The number of para-hydroxylation sites is 2. The molecule has 0 saturated heterocycles. The summed E-state index contributed by atoms with van der Waals surface area (Å²) >= 11 is 1.80. The molecule has 0 atom stereocenters. The summed E-state index contributed by atoms with van der Waals surface area (Å²) in [6, 6.07) is 63.7. The summed E-state index contributed by atoms with van der Waals surface area (Å²) in [5.41, 5.74) is 9.87. The van der Waals surface area contributed by atoms with E-state index in [1.54, 1.807) is 11.3 Å². The minimum atomic E-state index is 0.586. The van der Waals surface area contributed by atoms with Gasteiger partial charge in [-0.05, 0) is 77.9 Å². The molecule has 12 rings (SSSR count). The largest absolute Gasteiger partial charge is 0.456 e. The van der Waals surface area contributed by atoms with E-state index in [-0.39, 0.29) is 0 Å². The molecule has 12 aromatic rings. The monoisotopic (exact) mass is 746 g/mol. The Morgan fingerprint density at radius 1 is 0.404 bits per heavy atom. The third-order valence-corrected chi connectivity index (χ3v) is 12.2. The summed E-state index contributed by atoms with van der Waals surface area (Å²) < 4.78 is 11.6. The van der Waals surface area contributed by atoms with Gasteiger partial charge >= 0.3 is 0 Å². The minimum absolute atomic E-state index is 0.586. The molecule has 6 heteroatoms. The van der Waals surface area contributed by atoms with Gasteiger partial charge in [0, 0.05) is 58.7 Å². The van der Waals surface area contributed by atoms with Gasteiger partial charge in [0.1, 0.15) is 11.2 Å². The van der Waals surface area contributed by atoms with Crippen molar-refractivity contribution in [2.45, 2.75) is 0 Å². The molecule has 4 aromatic heterocycles. The van der Waals surface area contributed by atoms with Crippen LogP contribution in [0.5, 0.6) is 0 Å². The lowest BCUT2D eigenvalue weighted by Gasteiger charge is -2.11.